The number of hydrogen-bond acceptors (Lipinski definition) is 3. The number of carbonyl (C=O) groups is 1. The molecule has 1 heterocycles. The van der Waals surface area contributed by atoms with Crippen LogP contribution in [0.1, 0.15) is 33.6 Å². The first-order valence-corrected chi connectivity index (χ1v) is 8.13. The average molecular weight is 374 g/mol. The highest BCUT2D eigenvalue weighted by molar-refractivity contribution is 9.10. The van der Waals surface area contributed by atoms with Crippen molar-refractivity contribution in [2.45, 2.75) is 45.3 Å². The van der Waals surface area contributed by atoms with Crippen molar-refractivity contribution in [2.75, 3.05) is 13.1 Å². The molecule has 1 aliphatic rings. The summed E-state index contributed by atoms with van der Waals surface area (Å²) < 4.78 is 25.1. The van der Waals surface area contributed by atoms with E-state index in [4.69, 9.17) is 9.47 Å². The van der Waals surface area contributed by atoms with E-state index >= 15 is 0 Å². The summed E-state index contributed by atoms with van der Waals surface area (Å²) in [4.78, 5) is 13.7. The van der Waals surface area contributed by atoms with E-state index in [0.717, 1.165) is 0 Å². The minimum atomic E-state index is -0.488. The predicted molar refractivity (Wildman–Crippen MR) is 85.6 cm³/mol. The molecule has 2 rings (SSSR count). The van der Waals surface area contributed by atoms with Crippen molar-refractivity contribution in [3.63, 3.8) is 0 Å². The number of rotatable bonds is 2. The lowest BCUT2D eigenvalue weighted by molar-refractivity contribution is 0.0126. The number of piperidine rings is 1. The first-order valence-electron chi connectivity index (χ1n) is 7.33. The van der Waals surface area contributed by atoms with E-state index in [9.17, 15) is 9.18 Å². The Morgan fingerprint density at radius 1 is 1.27 bits per heavy atom. The van der Waals surface area contributed by atoms with Crippen LogP contribution in [0, 0.1) is 5.82 Å². The zero-order valence-electron chi connectivity index (χ0n) is 13.1. The lowest BCUT2D eigenvalue weighted by atomic mass is 10.1. The van der Waals surface area contributed by atoms with Gasteiger partial charge >= 0.3 is 6.09 Å². The highest BCUT2D eigenvalue weighted by atomic mass is 79.9. The van der Waals surface area contributed by atoms with Gasteiger partial charge in [0.05, 0.1) is 0 Å². The fourth-order valence-electron chi connectivity index (χ4n) is 2.27. The van der Waals surface area contributed by atoms with Crippen LogP contribution in [-0.4, -0.2) is 35.8 Å². The Balaban J connectivity index is 1.86. The number of halogens is 2. The highest BCUT2D eigenvalue weighted by Crippen LogP contribution is 2.24. The minimum Gasteiger partial charge on any atom is -0.490 e. The average Bonchev–Trinajstić information content (AvgIpc) is 2.36. The van der Waals surface area contributed by atoms with Crippen LogP contribution in [0.25, 0.3) is 0 Å². The molecule has 0 aromatic heterocycles. The van der Waals surface area contributed by atoms with E-state index in [-0.39, 0.29) is 18.0 Å². The van der Waals surface area contributed by atoms with Gasteiger partial charge in [0.15, 0.2) is 0 Å². The number of hydrogen-bond donors (Lipinski definition) is 0. The number of benzene rings is 1. The third kappa shape index (κ3) is 5.16. The Morgan fingerprint density at radius 3 is 2.45 bits per heavy atom. The zero-order chi connectivity index (χ0) is 16.3. The molecule has 122 valence electrons. The molecule has 1 aliphatic heterocycles. The van der Waals surface area contributed by atoms with Crippen LogP contribution in [0.2, 0.25) is 0 Å². The molecule has 0 N–H and O–H groups in total. The quantitative estimate of drug-likeness (QED) is 0.772. The molecule has 22 heavy (non-hydrogen) atoms. The molecule has 0 bridgehead atoms. The standard InChI is InChI=1S/C16H21BrFNO3/c1-16(2,3)22-15(20)19-6-4-13(5-7-19)21-14-9-11(17)8-12(18)10-14/h8-10,13H,4-7H2,1-3H3. The van der Waals surface area contributed by atoms with E-state index in [0.29, 0.717) is 36.2 Å². The first-order chi connectivity index (χ1) is 10.2. The van der Waals surface area contributed by atoms with Crippen LogP contribution < -0.4 is 4.74 Å². The van der Waals surface area contributed by atoms with Crippen LogP contribution in [0.4, 0.5) is 9.18 Å². The van der Waals surface area contributed by atoms with E-state index in [1.54, 1.807) is 11.0 Å². The Labute approximate surface area is 138 Å². The molecule has 1 aromatic carbocycles. The maximum absolute atomic E-state index is 13.3. The fourth-order valence-corrected chi connectivity index (χ4v) is 2.72. The molecule has 1 saturated heterocycles. The molecule has 0 aliphatic carbocycles. The van der Waals surface area contributed by atoms with Gasteiger partial charge in [0.25, 0.3) is 0 Å². The van der Waals surface area contributed by atoms with E-state index in [2.05, 4.69) is 15.9 Å². The molecule has 6 heteroatoms. The molecule has 1 aromatic rings. The van der Waals surface area contributed by atoms with Crippen molar-refractivity contribution >= 4 is 22.0 Å². The highest BCUT2D eigenvalue weighted by Gasteiger charge is 2.27. The van der Waals surface area contributed by atoms with Crippen LogP contribution >= 0.6 is 15.9 Å². The largest absolute Gasteiger partial charge is 0.490 e. The molecular formula is C16H21BrFNO3. The van der Waals surface area contributed by atoms with Crippen molar-refractivity contribution in [3.8, 4) is 5.75 Å². The Kier molecular flexibility index (Phi) is 5.32. The maximum atomic E-state index is 13.3. The third-order valence-electron chi connectivity index (χ3n) is 3.23. The summed E-state index contributed by atoms with van der Waals surface area (Å²) >= 11 is 3.24. The number of carbonyl (C=O) groups excluding carboxylic acids is 1. The lowest BCUT2D eigenvalue weighted by Crippen LogP contribution is -2.44. The third-order valence-corrected chi connectivity index (χ3v) is 3.69. The van der Waals surface area contributed by atoms with Gasteiger partial charge in [-0.05, 0) is 32.9 Å². The van der Waals surface area contributed by atoms with Gasteiger partial charge in [0.1, 0.15) is 23.3 Å². The summed E-state index contributed by atoms with van der Waals surface area (Å²) in [5, 5.41) is 0. The fraction of sp³-hybridized carbons (Fsp3) is 0.562. The summed E-state index contributed by atoms with van der Waals surface area (Å²) in [7, 11) is 0. The van der Waals surface area contributed by atoms with Crippen molar-refractivity contribution < 1.29 is 18.7 Å². The molecule has 4 nitrogen and oxygen atoms in total. The number of nitrogens with zero attached hydrogens (tertiary/aromatic N) is 1. The van der Waals surface area contributed by atoms with Gasteiger partial charge in [0, 0.05) is 36.5 Å². The van der Waals surface area contributed by atoms with Gasteiger partial charge < -0.3 is 14.4 Å². The molecule has 0 unspecified atom stereocenters. The summed E-state index contributed by atoms with van der Waals surface area (Å²) in [6.45, 7) is 6.71. The van der Waals surface area contributed by atoms with Gasteiger partial charge in [-0.1, -0.05) is 15.9 Å². The smallest absolute Gasteiger partial charge is 0.410 e. The van der Waals surface area contributed by atoms with Gasteiger partial charge in [-0.2, -0.15) is 0 Å². The number of amides is 1. The second-order valence-electron chi connectivity index (χ2n) is 6.39. The normalized spacial score (nSPS) is 16.5. The summed E-state index contributed by atoms with van der Waals surface area (Å²) in [5.41, 5.74) is -0.488. The van der Waals surface area contributed by atoms with Crippen molar-refractivity contribution in [3.05, 3.63) is 28.5 Å². The molecular weight excluding hydrogens is 353 g/mol. The van der Waals surface area contributed by atoms with Gasteiger partial charge in [-0.3, -0.25) is 0 Å². The molecule has 1 fully saturated rings. The molecule has 1 amide bonds. The molecule has 0 radical (unpaired) electrons. The molecule has 0 spiro atoms. The monoisotopic (exact) mass is 373 g/mol. The Morgan fingerprint density at radius 2 is 1.91 bits per heavy atom. The lowest BCUT2D eigenvalue weighted by Gasteiger charge is -2.33. The first kappa shape index (κ1) is 17.1. The van der Waals surface area contributed by atoms with Gasteiger partial charge in [-0.25, -0.2) is 9.18 Å². The Hall–Kier alpha value is -1.30. The van der Waals surface area contributed by atoms with Crippen LogP contribution in [0.3, 0.4) is 0 Å². The number of likely N-dealkylation sites (tertiary alicyclic amines) is 1. The summed E-state index contributed by atoms with van der Waals surface area (Å²) in [6, 6.07) is 4.49. The van der Waals surface area contributed by atoms with Crippen LogP contribution in [-0.2, 0) is 4.74 Å². The summed E-state index contributed by atoms with van der Waals surface area (Å²) in [5.74, 6) is 0.165. The van der Waals surface area contributed by atoms with Gasteiger partial charge in [0.2, 0.25) is 0 Å². The van der Waals surface area contributed by atoms with Crippen LogP contribution in [0.5, 0.6) is 5.75 Å². The number of ether oxygens (including phenoxy) is 2. The van der Waals surface area contributed by atoms with E-state index < -0.39 is 5.60 Å². The van der Waals surface area contributed by atoms with E-state index in [1.165, 1.54) is 12.1 Å². The van der Waals surface area contributed by atoms with Gasteiger partial charge in [-0.15, -0.1) is 0 Å². The molecule has 0 saturated carbocycles. The van der Waals surface area contributed by atoms with Crippen LogP contribution in [0.15, 0.2) is 22.7 Å². The molecule has 0 atom stereocenters. The Bertz CT molecular complexity index is 516. The predicted octanol–water partition coefficient (Wildman–Crippen LogP) is 4.37. The second-order valence-corrected chi connectivity index (χ2v) is 7.31. The summed E-state index contributed by atoms with van der Waals surface area (Å²) in [6.07, 6.45) is 1.09. The van der Waals surface area contributed by atoms with Crippen molar-refractivity contribution in [2.24, 2.45) is 0 Å². The SMILES string of the molecule is CC(C)(C)OC(=O)N1CCC(Oc2cc(F)cc(Br)c2)CC1. The minimum absolute atomic E-state index is 0.0209. The van der Waals surface area contributed by atoms with E-state index in [1.807, 2.05) is 20.8 Å². The maximum Gasteiger partial charge on any atom is 0.410 e. The zero-order valence-corrected chi connectivity index (χ0v) is 14.7. The second kappa shape index (κ2) is 6.86. The van der Waals surface area contributed by atoms with Crippen molar-refractivity contribution in [1.82, 2.24) is 4.90 Å². The topological polar surface area (TPSA) is 38.8 Å². The van der Waals surface area contributed by atoms with Crippen molar-refractivity contribution in [1.29, 1.82) is 0 Å².